The van der Waals surface area contributed by atoms with Crippen LogP contribution in [0.25, 0.3) is 5.69 Å². The van der Waals surface area contributed by atoms with E-state index in [1.807, 2.05) is 61.5 Å². The first kappa shape index (κ1) is 32.0. The maximum absolute atomic E-state index is 13.1. The van der Waals surface area contributed by atoms with E-state index in [2.05, 4.69) is 31.4 Å². The standard InChI is InChI=1S/C33H37Cl2N5O3S/c1-22-5-11-26(12-6-22)40-31(21-30(38-40)33(2,3)4)37-32(41)36-25-9-7-23(8-10-25)19-24-15-17-39(18-16-24)44(42,43)27-13-14-28(34)29(35)20-27/h5-14,20-21,24H,15-19H2,1-4H3,(H2,36,37,41). The number of carbonyl (C=O) groups is 1. The molecule has 5 rings (SSSR count). The van der Waals surface area contributed by atoms with Gasteiger partial charge in [-0.2, -0.15) is 9.40 Å². The zero-order valence-electron chi connectivity index (χ0n) is 25.3. The molecule has 2 amide bonds. The van der Waals surface area contributed by atoms with Crippen LogP contribution < -0.4 is 10.6 Å². The van der Waals surface area contributed by atoms with Gasteiger partial charge in [0.2, 0.25) is 10.0 Å². The number of piperidine rings is 1. The highest BCUT2D eigenvalue weighted by atomic mass is 35.5. The van der Waals surface area contributed by atoms with Crippen molar-refractivity contribution in [1.29, 1.82) is 0 Å². The van der Waals surface area contributed by atoms with Gasteiger partial charge >= 0.3 is 6.03 Å². The van der Waals surface area contributed by atoms with Crippen molar-refractivity contribution >= 4 is 50.8 Å². The van der Waals surface area contributed by atoms with E-state index in [9.17, 15) is 13.2 Å². The lowest BCUT2D eigenvalue weighted by Crippen LogP contribution is -2.38. The molecule has 2 heterocycles. The van der Waals surface area contributed by atoms with Gasteiger partial charge in [-0.25, -0.2) is 17.9 Å². The molecule has 0 bridgehead atoms. The van der Waals surface area contributed by atoms with Gasteiger partial charge in [0.05, 0.1) is 26.3 Å². The molecule has 1 aliphatic heterocycles. The zero-order chi connectivity index (χ0) is 31.6. The Morgan fingerprint density at radius 1 is 0.909 bits per heavy atom. The van der Waals surface area contributed by atoms with E-state index in [1.165, 1.54) is 22.5 Å². The van der Waals surface area contributed by atoms with Crippen LogP contribution in [0.1, 0.15) is 50.4 Å². The maximum atomic E-state index is 13.1. The Kier molecular flexibility index (Phi) is 9.41. The molecule has 0 atom stereocenters. The van der Waals surface area contributed by atoms with Gasteiger partial charge in [0.1, 0.15) is 5.82 Å². The van der Waals surface area contributed by atoms with E-state index < -0.39 is 10.0 Å². The number of rotatable bonds is 7. The molecule has 11 heteroatoms. The summed E-state index contributed by atoms with van der Waals surface area (Å²) in [6.45, 7) is 9.18. The lowest BCUT2D eigenvalue weighted by molar-refractivity contribution is 0.262. The lowest BCUT2D eigenvalue weighted by atomic mass is 9.91. The summed E-state index contributed by atoms with van der Waals surface area (Å²) in [5, 5.41) is 11.2. The number of carbonyl (C=O) groups excluding carboxylic acids is 1. The van der Waals surface area contributed by atoms with Crippen LogP contribution in [0.5, 0.6) is 0 Å². The molecule has 0 unspecified atom stereocenters. The van der Waals surface area contributed by atoms with Gasteiger partial charge in [-0.15, -0.1) is 0 Å². The minimum absolute atomic E-state index is 0.159. The number of hydrogen-bond donors (Lipinski definition) is 2. The Morgan fingerprint density at radius 3 is 2.18 bits per heavy atom. The normalized spacial score (nSPS) is 14.9. The fourth-order valence-corrected chi connectivity index (χ4v) is 7.05. The number of aromatic nitrogens is 2. The second-order valence-corrected chi connectivity index (χ2v) is 15.1. The topological polar surface area (TPSA) is 96.3 Å². The summed E-state index contributed by atoms with van der Waals surface area (Å²) >= 11 is 12.0. The molecule has 232 valence electrons. The molecule has 0 radical (unpaired) electrons. The van der Waals surface area contributed by atoms with Crippen LogP contribution in [0, 0.1) is 12.8 Å². The zero-order valence-corrected chi connectivity index (χ0v) is 27.6. The van der Waals surface area contributed by atoms with E-state index in [1.54, 1.807) is 4.68 Å². The van der Waals surface area contributed by atoms with E-state index in [-0.39, 0.29) is 21.4 Å². The summed E-state index contributed by atoms with van der Waals surface area (Å²) in [7, 11) is -3.63. The van der Waals surface area contributed by atoms with Crippen molar-refractivity contribution in [1.82, 2.24) is 14.1 Å². The minimum atomic E-state index is -3.63. The first-order valence-electron chi connectivity index (χ1n) is 14.6. The molecule has 1 saturated heterocycles. The molecule has 8 nitrogen and oxygen atoms in total. The molecule has 4 aromatic rings. The van der Waals surface area contributed by atoms with Gasteiger partial charge in [-0.05, 0) is 80.1 Å². The third-order valence-corrected chi connectivity index (χ3v) is 10.5. The molecule has 2 N–H and O–H groups in total. The van der Waals surface area contributed by atoms with Gasteiger partial charge in [-0.1, -0.05) is 73.8 Å². The van der Waals surface area contributed by atoms with Crippen LogP contribution in [0.2, 0.25) is 10.0 Å². The number of urea groups is 1. The van der Waals surface area contributed by atoms with Crippen molar-refractivity contribution in [2.45, 2.75) is 57.3 Å². The molecular formula is C33H37Cl2N5O3S. The second kappa shape index (κ2) is 12.9. The average molecular weight is 655 g/mol. The molecule has 0 saturated carbocycles. The van der Waals surface area contributed by atoms with Gasteiger partial charge in [0.15, 0.2) is 0 Å². The highest BCUT2D eigenvalue weighted by Gasteiger charge is 2.30. The second-order valence-electron chi connectivity index (χ2n) is 12.3. The Balaban J connectivity index is 1.17. The maximum Gasteiger partial charge on any atom is 0.324 e. The number of halogens is 2. The summed E-state index contributed by atoms with van der Waals surface area (Å²) in [4.78, 5) is 13.2. The summed E-state index contributed by atoms with van der Waals surface area (Å²) < 4.78 is 29.4. The van der Waals surface area contributed by atoms with E-state index in [4.69, 9.17) is 28.3 Å². The van der Waals surface area contributed by atoms with E-state index in [0.717, 1.165) is 41.8 Å². The van der Waals surface area contributed by atoms with Gasteiger partial charge in [0, 0.05) is 30.3 Å². The van der Waals surface area contributed by atoms with Crippen LogP contribution in [-0.2, 0) is 21.9 Å². The quantitative estimate of drug-likeness (QED) is 0.211. The SMILES string of the molecule is Cc1ccc(-n2nc(C(C)(C)C)cc2NC(=O)Nc2ccc(CC3CCN(S(=O)(=O)c4ccc(Cl)c(Cl)c4)CC3)cc2)cc1. The Bertz CT molecular complexity index is 1740. The third-order valence-electron chi connectivity index (χ3n) is 7.84. The van der Waals surface area contributed by atoms with E-state index in [0.29, 0.717) is 35.5 Å². The molecule has 1 aliphatic rings. The third kappa shape index (κ3) is 7.46. The minimum Gasteiger partial charge on any atom is -0.308 e. The monoisotopic (exact) mass is 653 g/mol. The average Bonchev–Trinajstić information content (AvgIpc) is 3.40. The van der Waals surface area contributed by atoms with Crippen molar-refractivity contribution in [2.75, 3.05) is 23.7 Å². The Labute approximate surface area is 269 Å². The van der Waals surface area contributed by atoms with Crippen LogP contribution in [0.4, 0.5) is 16.3 Å². The molecule has 0 aliphatic carbocycles. The summed E-state index contributed by atoms with van der Waals surface area (Å²) in [5.74, 6) is 0.942. The number of nitrogens with one attached hydrogen (secondary N) is 2. The highest BCUT2D eigenvalue weighted by molar-refractivity contribution is 7.89. The van der Waals surface area contributed by atoms with Crippen LogP contribution >= 0.6 is 23.2 Å². The lowest BCUT2D eigenvalue weighted by Gasteiger charge is -2.31. The van der Waals surface area contributed by atoms with Crippen molar-refractivity contribution in [3.05, 3.63) is 99.7 Å². The van der Waals surface area contributed by atoms with Crippen molar-refractivity contribution in [2.24, 2.45) is 5.92 Å². The number of benzene rings is 3. The van der Waals surface area contributed by atoms with Crippen LogP contribution in [0.3, 0.4) is 0 Å². The predicted octanol–water partition coefficient (Wildman–Crippen LogP) is 8.07. The number of sulfonamides is 1. The number of anilines is 2. The molecule has 1 fully saturated rings. The number of aryl methyl sites for hydroxylation is 1. The first-order valence-corrected chi connectivity index (χ1v) is 16.8. The molecular weight excluding hydrogens is 617 g/mol. The molecule has 0 spiro atoms. The predicted molar refractivity (Wildman–Crippen MR) is 178 cm³/mol. The number of amides is 2. The molecule has 3 aromatic carbocycles. The van der Waals surface area contributed by atoms with Crippen molar-refractivity contribution < 1.29 is 13.2 Å². The summed E-state index contributed by atoms with van der Waals surface area (Å²) in [6.07, 6.45) is 2.35. The highest BCUT2D eigenvalue weighted by Crippen LogP contribution is 2.30. The van der Waals surface area contributed by atoms with Crippen molar-refractivity contribution in [3.63, 3.8) is 0 Å². The summed E-state index contributed by atoms with van der Waals surface area (Å²) in [6, 6.07) is 21.7. The van der Waals surface area contributed by atoms with Crippen LogP contribution in [0.15, 0.2) is 77.7 Å². The van der Waals surface area contributed by atoms with Gasteiger partial charge in [-0.3, -0.25) is 5.32 Å². The smallest absolute Gasteiger partial charge is 0.308 e. The Morgan fingerprint density at radius 2 is 1.57 bits per heavy atom. The van der Waals surface area contributed by atoms with Gasteiger partial charge in [0.25, 0.3) is 0 Å². The molecule has 44 heavy (non-hydrogen) atoms. The number of hydrogen-bond acceptors (Lipinski definition) is 4. The molecule has 1 aromatic heterocycles. The van der Waals surface area contributed by atoms with Gasteiger partial charge < -0.3 is 5.32 Å². The fourth-order valence-electron chi connectivity index (χ4n) is 5.20. The number of nitrogens with zero attached hydrogens (tertiary/aromatic N) is 3. The van der Waals surface area contributed by atoms with E-state index >= 15 is 0 Å². The fraction of sp³-hybridized carbons (Fsp3) is 0.333. The largest absolute Gasteiger partial charge is 0.324 e. The van der Waals surface area contributed by atoms with Crippen molar-refractivity contribution in [3.8, 4) is 5.69 Å². The Hall–Kier alpha value is -3.37. The van der Waals surface area contributed by atoms with Crippen LogP contribution in [-0.4, -0.2) is 41.6 Å². The summed E-state index contributed by atoms with van der Waals surface area (Å²) in [5.41, 5.74) is 4.50. The first-order chi connectivity index (χ1) is 20.8.